The van der Waals surface area contributed by atoms with Crippen molar-refractivity contribution in [1.29, 1.82) is 0 Å². The second-order valence-electron chi connectivity index (χ2n) is 8.81. The summed E-state index contributed by atoms with van der Waals surface area (Å²) in [6, 6.07) is 38.5. The lowest BCUT2D eigenvalue weighted by atomic mass is 9.86. The molecule has 0 bridgehead atoms. The Labute approximate surface area is 186 Å². The number of para-hydroxylation sites is 2. The topological polar surface area (TPSA) is 3.24 Å². The standard InChI is InChI=1S/C30H29N/c1-30(2,3)26-12-10-11-25(23-26)18-17-24-19-21-29(22-20-24)31(27-13-6-4-7-14-27)28-15-8-5-9-16-28/h4-23H,1-3H3/b18-17+. The zero-order chi connectivity index (χ0) is 21.7. The van der Waals surface area contributed by atoms with Gasteiger partial charge < -0.3 is 4.90 Å². The molecule has 1 heteroatoms. The minimum Gasteiger partial charge on any atom is -0.311 e. The minimum absolute atomic E-state index is 0.157. The Morgan fingerprint density at radius 2 is 1.03 bits per heavy atom. The Morgan fingerprint density at radius 1 is 0.516 bits per heavy atom. The van der Waals surface area contributed by atoms with E-state index < -0.39 is 0 Å². The summed E-state index contributed by atoms with van der Waals surface area (Å²) >= 11 is 0. The molecule has 0 atom stereocenters. The Bertz CT molecular complexity index is 1090. The molecule has 0 unspecified atom stereocenters. The van der Waals surface area contributed by atoms with Crippen LogP contribution in [-0.2, 0) is 5.41 Å². The van der Waals surface area contributed by atoms with E-state index in [9.17, 15) is 0 Å². The lowest BCUT2D eigenvalue weighted by molar-refractivity contribution is 0.590. The van der Waals surface area contributed by atoms with Crippen molar-refractivity contribution < 1.29 is 0 Å². The van der Waals surface area contributed by atoms with Gasteiger partial charge in [-0.15, -0.1) is 0 Å². The average Bonchev–Trinajstić information content (AvgIpc) is 2.80. The van der Waals surface area contributed by atoms with Crippen LogP contribution < -0.4 is 4.90 Å². The molecule has 0 saturated carbocycles. The Morgan fingerprint density at radius 3 is 1.58 bits per heavy atom. The summed E-state index contributed by atoms with van der Waals surface area (Å²) in [6.07, 6.45) is 4.37. The maximum Gasteiger partial charge on any atom is 0.0462 e. The summed E-state index contributed by atoms with van der Waals surface area (Å²) in [6.45, 7) is 6.75. The zero-order valence-corrected chi connectivity index (χ0v) is 18.5. The molecule has 0 N–H and O–H groups in total. The summed E-state index contributed by atoms with van der Waals surface area (Å²) in [5.74, 6) is 0. The molecule has 4 aromatic carbocycles. The predicted molar refractivity (Wildman–Crippen MR) is 135 cm³/mol. The van der Waals surface area contributed by atoms with Crippen LogP contribution in [0.2, 0.25) is 0 Å². The molecule has 0 aliphatic rings. The molecule has 0 heterocycles. The lowest BCUT2D eigenvalue weighted by Gasteiger charge is -2.25. The summed E-state index contributed by atoms with van der Waals surface area (Å²) < 4.78 is 0. The molecule has 0 aliphatic heterocycles. The fourth-order valence-corrected chi connectivity index (χ4v) is 3.64. The first-order valence-electron chi connectivity index (χ1n) is 10.8. The van der Waals surface area contributed by atoms with Crippen LogP contribution in [0.15, 0.2) is 109 Å². The van der Waals surface area contributed by atoms with Crippen LogP contribution in [0, 0.1) is 0 Å². The Hall–Kier alpha value is -3.58. The fourth-order valence-electron chi connectivity index (χ4n) is 3.64. The molecule has 0 fully saturated rings. The lowest BCUT2D eigenvalue weighted by Crippen LogP contribution is -2.10. The van der Waals surface area contributed by atoms with Crippen molar-refractivity contribution in [3.05, 3.63) is 126 Å². The van der Waals surface area contributed by atoms with Gasteiger partial charge in [-0.2, -0.15) is 0 Å². The number of anilines is 3. The molecule has 0 saturated heterocycles. The average molecular weight is 404 g/mol. The Kier molecular flexibility index (Phi) is 6.04. The summed E-state index contributed by atoms with van der Waals surface area (Å²) in [7, 11) is 0. The van der Waals surface area contributed by atoms with Gasteiger partial charge in [-0.3, -0.25) is 0 Å². The van der Waals surface area contributed by atoms with E-state index >= 15 is 0 Å². The van der Waals surface area contributed by atoms with Gasteiger partial charge in [-0.1, -0.05) is 106 Å². The first-order chi connectivity index (χ1) is 15.0. The molecule has 31 heavy (non-hydrogen) atoms. The highest BCUT2D eigenvalue weighted by Gasteiger charge is 2.13. The Balaban J connectivity index is 1.60. The SMILES string of the molecule is CC(C)(C)c1cccc(/C=C/c2ccc(N(c3ccccc3)c3ccccc3)cc2)c1. The van der Waals surface area contributed by atoms with E-state index in [0.29, 0.717) is 0 Å². The summed E-state index contributed by atoms with van der Waals surface area (Å²) in [5, 5.41) is 0. The van der Waals surface area contributed by atoms with Crippen LogP contribution >= 0.6 is 0 Å². The van der Waals surface area contributed by atoms with Crippen molar-refractivity contribution in [2.75, 3.05) is 4.90 Å². The highest BCUT2D eigenvalue weighted by Crippen LogP contribution is 2.34. The second kappa shape index (κ2) is 9.06. The zero-order valence-electron chi connectivity index (χ0n) is 18.5. The highest BCUT2D eigenvalue weighted by atomic mass is 15.1. The van der Waals surface area contributed by atoms with Crippen LogP contribution in [-0.4, -0.2) is 0 Å². The van der Waals surface area contributed by atoms with Crippen molar-refractivity contribution in [2.24, 2.45) is 0 Å². The fraction of sp³-hybridized carbons (Fsp3) is 0.133. The third-order valence-corrected chi connectivity index (χ3v) is 5.40. The number of benzene rings is 4. The highest BCUT2D eigenvalue weighted by molar-refractivity contribution is 5.78. The minimum atomic E-state index is 0.157. The number of hydrogen-bond acceptors (Lipinski definition) is 1. The van der Waals surface area contributed by atoms with Gasteiger partial charge in [-0.05, 0) is 58.5 Å². The van der Waals surface area contributed by atoms with Gasteiger partial charge in [0.2, 0.25) is 0 Å². The van der Waals surface area contributed by atoms with Gasteiger partial charge in [0.05, 0.1) is 0 Å². The van der Waals surface area contributed by atoms with Crippen molar-refractivity contribution in [2.45, 2.75) is 26.2 Å². The monoisotopic (exact) mass is 403 g/mol. The second-order valence-corrected chi connectivity index (χ2v) is 8.81. The maximum atomic E-state index is 2.28. The smallest absolute Gasteiger partial charge is 0.0462 e. The van der Waals surface area contributed by atoms with Crippen molar-refractivity contribution >= 4 is 29.2 Å². The van der Waals surface area contributed by atoms with Gasteiger partial charge in [-0.25, -0.2) is 0 Å². The van der Waals surface area contributed by atoms with E-state index in [0.717, 1.165) is 17.1 Å². The van der Waals surface area contributed by atoms with E-state index in [1.807, 2.05) is 0 Å². The van der Waals surface area contributed by atoms with Crippen LogP contribution in [0.4, 0.5) is 17.1 Å². The third kappa shape index (κ3) is 5.13. The van der Waals surface area contributed by atoms with Gasteiger partial charge in [0.1, 0.15) is 0 Å². The third-order valence-electron chi connectivity index (χ3n) is 5.40. The van der Waals surface area contributed by atoms with Crippen LogP contribution in [0.5, 0.6) is 0 Å². The number of nitrogens with zero attached hydrogens (tertiary/aromatic N) is 1. The van der Waals surface area contributed by atoms with E-state index in [-0.39, 0.29) is 5.41 Å². The van der Waals surface area contributed by atoms with Crippen LogP contribution in [0.1, 0.15) is 37.5 Å². The molecule has 4 rings (SSSR count). The predicted octanol–water partition coefficient (Wildman–Crippen LogP) is 8.62. The molecule has 0 radical (unpaired) electrons. The molecule has 0 amide bonds. The van der Waals surface area contributed by atoms with Gasteiger partial charge in [0, 0.05) is 17.1 Å². The van der Waals surface area contributed by atoms with E-state index in [1.165, 1.54) is 16.7 Å². The largest absolute Gasteiger partial charge is 0.311 e. The molecule has 154 valence electrons. The van der Waals surface area contributed by atoms with Gasteiger partial charge in [0.15, 0.2) is 0 Å². The molecule has 0 spiro atoms. The number of hydrogen-bond donors (Lipinski definition) is 0. The summed E-state index contributed by atoms with van der Waals surface area (Å²) in [5.41, 5.74) is 7.37. The molecule has 1 nitrogen and oxygen atoms in total. The summed E-state index contributed by atoms with van der Waals surface area (Å²) in [4.78, 5) is 2.28. The van der Waals surface area contributed by atoms with E-state index in [1.54, 1.807) is 0 Å². The van der Waals surface area contributed by atoms with Gasteiger partial charge in [0.25, 0.3) is 0 Å². The molecular weight excluding hydrogens is 374 g/mol. The van der Waals surface area contributed by atoms with E-state index in [2.05, 4.69) is 147 Å². The normalized spacial score (nSPS) is 11.6. The van der Waals surface area contributed by atoms with Gasteiger partial charge >= 0.3 is 0 Å². The first-order valence-corrected chi connectivity index (χ1v) is 10.8. The number of rotatable bonds is 5. The van der Waals surface area contributed by atoms with E-state index in [4.69, 9.17) is 0 Å². The van der Waals surface area contributed by atoms with Crippen molar-refractivity contribution in [3.8, 4) is 0 Å². The molecule has 0 aliphatic carbocycles. The first kappa shape index (κ1) is 20.7. The maximum absolute atomic E-state index is 2.28. The van der Waals surface area contributed by atoms with Crippen molar-refractivity contribution in [3.63, 3.8) is 0 Å². The molecule has 0 aromatic heterocycles. The molecular formula is C30H29N. The van der Waals surface area contributed by atoms with Crippen LogP contribution in [0.25, 0.3) is 12.2 Å². The van der Waals surface area contributed by atoms with Crippen LogP contribution in [0.3, 0.4) is 0 Å². The molecule has 4 aromatic rings. The van der Waals surface area contributed by atoms with Crippen molar-refractivity contribution in [1.82, 2.24) is 0 Å². The quantitative estimate of drug-likeness (QED) is 0.301.